The summed E-state index contributed by atoms with van der Waals surface area (Å²) >= 11 is 0. The van der Waals surface area contributed by atoms with Crippen LogP contribution in [0, 0.1) is 5.92 Å². The Bertz CT molecular complexity index is 241. The van der Waals surface area contributed by atoms with E-state index in [0.29, 0.717) is 26.0 Å². The minimum atomic E-state index is -4.03. The maximum absolute atomic E-state index is 12.6. The molecule has 1 fully saturated rings. The normalized spacial score (nSPS) is 26.4. The molecule has 3 nitrogen and oxygen atoms in total. The lowest BCUT2D eigenvalue weighted by Crippen LogP contribution is -2.44. The van der Waals surface area contributed by atoms with Crippen LogP contribution in [0.2, 0.25) is 0 Å². The summed E-state index contributed by atoms with van der Waals surface area (Å²) in [7, 11) is 1.64. The summed E-state index contributed by atoms with van der Waals surface area (Å²) in [4.78, 5) is 0. The second-order valence-electron chi connectivity index (χ2n) is 5.34. The minimum absolute atomic E-state index is 0.177. The second-order valence-corrected chi connectivity index (χ2v) is 5.34. The van der Waals surface area contributed by atoms with Crippen molar-refractivity contribution in [1.82, 2.24) is 5.32 Å². The Kier molecular flexibility index (Phi) is 7.10. The lowest BCUT2D eigenvalue weighted by molar-refractivity contribution is -0.182. The number of hydrogen-bond donors (Lipinski definition) is 2. The molecular weight excluding hydrogens is 257 g/mol. The van der Waals surface area contributed by atoms with Gasteiger partial charge in [-0.25, -0.2) is 0 Å². The molecule has 0 aromatic heterocycles. The van der Waals surface area contributed by atoms with Gasteiger partial charge < -0.3 is 15.8 Å². The Hall–Kier alpha value is -0.330. The first-order valence-corrected chi connectivity index (χ1v) is 6.99. The third-order valence-electron chi connectivity index (χ3n) is 3.79. The van der Waals surface area contributed by atoms with Gasteiger partial charge in [0.25, 0.3) is 0 Å². The molecule has 1 rings (SSSR count). The zero-order chi connectivity index (χ0) is 14.3. The topological polar surface area (TPSA) is 47.3 Å². The molecule has 0 aromatic carbocycles. The van der Waals surface area contributed by atoms with Gasteiger partial charge in [-0.2, -0.15) is 13.2 Å². The molecule has 0 heterocycles. The van der Waals surface area contributed by atoms with Gasteiger partial charge in [0.2, 0.25) is 0 Å². The number of nitrogens with one attached hydrogen (secondary N) is 1. The lowest BCUT2D eigenvalue weighted by Gasteiger charge is -2.33. The second kappa shape index (κ2) is 8.07. The highest BCUT2D eigenvalue weighted by atomic mass is 19.4. The minimum Gasteiger partial charge on any atom is -0.383 e. The summed E-state index contributed by atoms with van der Waals surface area (Å²) < 4.78 is 42.8. The molecule has 0 saturated heterocycles. The summed E-state index contributed by atoms with van der Waals surface area (Å²) in [5.74, 6) is -1.12. The summed E-state index contributed by atoms with van der Waals surface area (Å²) in [5, 5.41) is 3.42. The number of nitrogens with two attached hydrogens (primary N) is 1. The molecule has 3 N–H and O–H groups in total. The Morgan fingerprint density at radius 3 is 2.37 bits per heavy atom. The molecule has 1 aliphatic carbocycles. The number of rotatable bonds is 7. The van der Waals surface area contributed by atoms with E-state index >= 15 is 0 Å². The molecule has 1 saturated carbocycles. The molecule has 6 heteroatoms. The van der Waals surface area contributed by atoms with Crippen molar-refractivity contribution in [2.75, 3.05) is 20.3 Å². The van der Waals surface area contributed by atoms with Crippen molar-refractivity contribution < 1.29 is 17.9 Å². The monoisotopic (exact) mass is 282 g/mol. The van der Waals surface area contributed by atoms with Crippen molar-refractivity contribution in [3.63, 3.8) is 0 Å². The summed E-state index contributed by atoms with van der Waals surface area (Å²) in [6.45, 7) is 1.21. The van der Waals surface area contributed by atoms with Crippen LogP contribution in [0.4, 0.5) is 13.2 Å². The molecule has 114 valence electrons. The fourth-order valence-electron chi connectivity index (χ4n) is 2.70. The Balaban J connectivity index is 2.33. The molecule has 0 spiro atoms. The molecule has 0 aliphatic heterocycles. The summed E-state index contributed by atoms with van der Waals surface area (Å²) in [6.07, 6.45) is -0.575. The number of hydrogen-bond acceptors (Lipinski definition) is 3. The van der Waals surface area contributed by atoms with E-state index in [1.165, 1.54) is 0 Å². The number of ether oxygens (including phenoxy) is 1. The molecule has 0 aromatic rings. The van der Waals surface area contributed by atoms with Crippen LogP contribution >= 0.6 is 0 Å². The first kappa shape index (κ1) is 16.7. The molecule has 1 unspecified atom stereocenters. The Morgan fingerprint density at radius 2 is 1.89 bits per heavy atom. The molecule has 19 heavy (non-hydrogen) atoms. The largest absolute Gasteiger partial charge is 0.391 e. The summed E-state index contributed by atoms with van der Waals surface area (Å²) in [6, 6.07) is 0.373. The van der Waals surface area contributed by atoms with Gasteiger partial charge in [-0.05, 0) is 45.1 Å². The van der Waals surface area contributed by atoms with Crippen molar-refractivity contribution in [1.29, 1.82) is 0 Å². The van der Waals surface area contributed by atoms with Crippen LogP contribution in [0.25, 0.3) is 0 Å². The predicted molar refractivity (Wildman–Crippen MR) is 68.9 cm³/mol. The van der Waals surface area contributed by atoms with Gasteiger partial charge in [0.05, 0.1) is 12.5 Å². The predicted octanol–water partition coefficient (Wildman–Crippen LogP) is 2.45. The maximum atomic E-state index is 12.6. The Labute approximate surface area is 113 Å². The van der Waals surface area contributed by atoms with Gasteiger partial charge in [-0.1, -0.05) is 0 Å². The van der Waals surface area contributed by atoms with Crippen LogP contribution in [0.1, 0.15) is 38.5 Å². The average molecular weight is 282 g/mol. The van der Waals surface area contributed by atoms with Crippen LogP contribution in [0.15, 0.2) is 0 Å². The molecule has 1 aliphatic rings. The van der Waals surface area contributed by atoms with E-state index in [9.17, 15) is 13.2 Å². The molecular formula is C13H25F3N2O. The van der Waals surface area contributed by atoms with Crippen molar-refractivity contribution in [3.8, 4) is 0 Å². The maximum Gasteiger partial charge on any atom is 0.391 e. The standard InChI is InChI=1S/C13H25F3N2O/c1-19-9-12(3-2-8-17)18-11-6-4-10(5-7-11)13(14,15)16/h10-12,18H,2-9,17H2,1H3. The van der Waals surface area contributed by atoms with Crippen molar-refractivity contribution >= 4 is 0 Å². The lowest BCUT2D eigenvalue weighted by atomic mass is 9.85. The molecule has 0 amide bonds. The third kappa shape index (κ3) is 6.10. The van der Waals surface area contributed by atoms with Crippen LogP contribution in [0.3, 0.4) is 0 Å². The quantitative estimate of drug-likeness (QED) is 0.754. The van der Waals surface area contributed by atoms with Crippen LogP contribution in [-0.2, 0) is 4.74 Å². The fourth-order valence-corrected chi connectivity index (χ4v) is 2.70. The highest BCUT2D eigenvalue weighted by molar-refractivity contribution is 4.83. The fraction of sp³-hybridized carbons (Fsp3) is 1.00. The molecule has 1 atom stereocenters. The highest BCUT2D eigenvalue weighted by Gasteiger charge is 2.41. The van der Waals surface area contributed by atoms with Crippen molar-refractivity contribution in [3.05, 3.63) is 0 Å². The van der Waals surface area contributed by atoms with Crippen LogP contribution in [0.5, 0.6) is 0 Å². The van der Waals surface area contributed by atoms with Crippen molar-refractivity contribution in [2.24, 2.45) is 11.7 Å². The van der Waals surface area contributed by atoms with E-state index in [0.717, 1.165) is 12.8 Å². The van der Waals surface area contributed by atoms with Gasteiger partial charge in [-0.3, -0.25) is 0 Å². The first-order valence-electron chi connectivity index (χ1n) is 6.99. The average Bonchev–Trinajstić information content (AvgIpc) is 2.36. The highest BCUT2D eigenvalue weighted by Crippen LogP contribution is 2.37. The van der Waals surface area contributed by atoms with E-state index < -0.39 is 12.1 Å². The van der Waals surface area contributed by atoms with Gasteiger partial charge in [0.15, 0.2) is 0 Å². The number of halogens is 3. The molecule has 0 bridgehead atoms. The van der Waals surface area contributed by atoms with E-state index in [1.54, 1.807) is 7.11 Å². The Morgan fingerprint density at radius 1 is 1.26 bits per heavy atom. The van der Waals surface area contributed by atoms with Gasteiger partial charge >= 0.3 is 6.18 Å². The van der Waals surface area contributed by atoms with Crippen molar-refractivity contribution in [2.45, 2.75) is 56.8 Å². The van der Waals surface area contributed by atoms with Gasteiger partial charge in [-0.15, -0.1) is 0 Å². The van der Waals surface area contributed by atoms with E-state index in [2.05, 4.69) is 5.32 Å². The van der Waals surface area contributed by atoms with E-state index in [-0.39, 0.29) is 24.9 Å². The number of alkyl halides is 3. The smallest absolute Gasteiger partial charge is 0.383 e. The SMILES string of the molecule is COCC(CCCN)NC1CCC(C(F)(F)F)CC1. The van der Waals surface area contributed by atoms with Crippen LogP contribution in [-0.4, -0.2) is 38.5 Å². The van der Waals surface area contributed by atoms with E-state index in [1.807, 2.05) is 0 Å². The van der Waals surface area contributed by atoms with Crippen LogP contribution < -0.4 is 11.1 Å². The molecule has 0 radical (unpaired) electrons. The zero-order valence-corrected chi connectivity index (χ0v) is 11.5. The van der Waals surface area contributed by atoms with E-state index in [4.69, 9.17) is 10.5 Å². The first-order chi connectivity index (χ1) is 8.97. The third-order valence-corrected chi connectivity index (χ3v) is 3.79. The van der Waals surface area contributed by atoms with Gasteiger partial charge in [0.1, 0.15) is 0 Å². The summed E-state index contributed by atoms with van der Waals surface area (Å²) in [5.41, 5.74) is 5.48. The zero-order valence-electron chi connectivity index (χ0n) is 11.5. The van der Waals surface area contributed by atoms with Gasteiger partial charge in [0, 0.05) is 19.2 Å². The number of methoxy groups -OCH3 is 1.